The zero-order valence-corrected chi connectivity index (χ0v) is 7.11. The zero-order chi connectivity index (χ0) is 8.97. The average Bonchev–Trinajstić information content (AvgIpc) is 2.06. The van der Waals surface area contributed by atoms with Crippen LogP contribution in [-0.2, 0) is 4.79 Å². The first-order valence-electron chi connectivity index (χ1n) is 3.65. The molecule has 0 unspecified atom stereocenters. The lowest BCUT2D eigenvalue weighted by Gasteiger charge is -1.93. The molecule has 1 heterocycles. The van der Waals surface area contributed by atoms with Crippen LogP contribution in [0.2, 0.25) is 0 Å². The average molecular weight is 162 g/mol. The van der Waals surface area contributed by atoms with Gasteiger partial charge in [-0.25, -0.2) is 9.97 Å². The molecule has 1 rings (SSSR count). The lowest BCUT2D eigenvalue weighted by atomic mass is 10.2. The van der Waals surface area contributed by atoms with Gasteiger partial charge in [0.25, 0.3) is 0 Å². The van der Waals surface area contributed by atoms with Gasteiger partial charge >= 0.3 is 0 Å². The van der Waals surface area contributed by atoms with Crippen molar-refractivity contribution in [3.63, 3.8) is 0 Å². The van der Waals surface area contributed by atoms with Gasteiger partial charge in [-0.05, 0) is 31.6 Å². The Morgan fingerprint density at radius 2 is 2.25 bits per heavy atom. The third-order valence-corrected chi connectivity index (χ3v) is 1.52. The summed E-state index contributed by atoms with van der Waals surface area (Å²) in [5, 5.41) is 0. The predicted molar refractivity (Wildman–Crippen MR) is 46.4 cm³/mol. The van der Waals surface area contributed by atoms with Gasteiger partial charge in [0.15, 0.2) is 5.78 Å². The molecule has 0 saturated heterocycles. The molecule has 1 aromatic rings. The highest BCUT2D eigenvalue weighted by molar-refractivity contribution is 5.96. The maximum absolute atomic E-state index is 10.8. The number of rotatable bonds is 2. The van der Waals surface area contributed by atoms with Crippen molar-refractivity contribution in [1.29, 1.82) is 0 Å². The minimum atomic E-state index is 0.0635. The summed E-state index contributed by atoms with van der Waals surface area (Å²) < 4.78 is 0. The maximum Gasteiger partial charge on any atom is 0.155 e. The third kappa shape index (κ3) is 2.27. The molecule has 0 aliphatic heterocycles. The van der Waals surface area contributed by atoms with E-state index in [1.165, 1.54) is 13.3 Å². The number of hydrogen-bond acceptors (Lipinski definition) is 3. The zero-order valence-electron chi connectivity index (χ0n) is 7.11. The number of nitrogens with zero attached hydrogens (tertiary/aromatic N) is 2. The third-order valence-electron chi connectivity index (χ3n) is 1.52. The molecule has 0 saturated carbocycles. The van der Waals surface area contributed by atoms with E-state index in [4.69, 9.17) is 0 Å². The van der Waals surface area contributed by atoms with E-state index in [2.05, 4.69) is 9.97 Å². The second-order valence-electron chi connectivity index (χ2n) is 2.52. The minimum Gasteiger partial charge on any atom is -0.295 e. The number of aromatic nitrogens is 2. The first-order valence-corrected chi connectivity index (χ1v) is 3.65. The minimum absolute atomic E-state index is 0.0635. The fourth-order valence-electron chi connectivity index (χ4n) is 0.710. The Hall–Kier alpha value is -1.51. The molecule has 0 N–H and O–H groups in total. The van der Waals surface area contributed by atoms with Crippen LogP contribution in [0.4, 0.5) is 0 Å². The van der Waals surface area contributed by atoms with E-state index in [9.17, 15) is 4.79 Å². The molecular weight excluding hydrogens is 152 g/mol. The summed E-state index contributed by atoms with van der Waals surface area (Å²) in [5.41, 5.74) is 1.46. The Kier molecular flexibility index (Phi) is 2.69. The van der Waals surface area contributed by atoms with Crippen LogP contribution >= 0.6 is 0 Å². The Morgan fingerprint density at radius 3 is 2.75 bits per heavy atom. The second kappa shape index (κ2) is 3.76. The van der Waals surface area contributed by atoms with Gasteiger partial charge < -0.3 is 0 Å². The molecule has 0 spiro atoms. The first-order chi connectivity index (χ1) is 5.70. The molecule has 3 nitrogen and oxygen atoms in total. The molecule has 3 heteroatoms. The largest absolute Gasteiger partial charge is 0.295 e. The molecule has 0 aliphatic rings. The lowest BCUT2D eigenvalue weighted by molar-refractivity contribution is -0.113. The van der Waals surface area contributed by atoms with Crippen molar-refractivity contribution in [2.75, 3.05) is 0 Å². The van der Waals surface area contributed by atoms with Crippen LogP contribution in [0.15, 0.2) is 24.2 Å². The molecule has 1 aromatic heterocycles. The van der Waals surface area contributed by atoms with Crippen LogP contribution in [0.1, 0.15) is 19.5 Å². The van der Waals surface area contributed by atoms with E-state index in [1.807, 2.05) is 0 Å². The predicted octanol–water partition coefficient (Wildman–Crippen LogP) is 1.47. The summed E-state index contributed by atoms with van der Waals surface area (Å²) in [6.45, 7) is 3.30. The summed E-state index contributed by atoms with van der Waals surface area (Å²) in [6, 6.07) is 1.76. The highest BCUT2D eigenvalue weighted by atomic mass is 16.1. The number of ketones is 1. The number of carbonyl (C=O) groups excluding carboxylic acids is 1. The van der Waals surface area contributed by atoms with Gasteiger partial charge in [-0.15, -0.1) is 0 Å². The highest BCUT2D eigenvalue weighted by Crippen LogP contribution is 2.02. The quantitative estimate of drug-likeness (QED) is 0.618. The van der Waals surface area contributed by atoms with Crippen LogP contribution < -0.4 is 0 Å². The fraction of sp³-hybridized carbons (Fsp3) is 0.222. The molecule has 0 bridgehead atoms. The van der Waals surface area contributed by atoms with Crippen LogP contribution in [0.5, 0.6) is 0 Å². The van der Waals surface area contributed by atoms with Crippen molar-refractivity contribution in [3.8, 4) is 0 Å². The standard InChI is InChI=1S/C9H10N2O/c1-7(8(2)12)5-9-3-4-10-6-11-9/h3-6H,1-2H3/b7-5+. The van der Waals surface area contributed by atoms with E-state index in [0.29, 0.717) is 5.57 Å². The van der Waals surface area contributed by atoms with Crippen molar-refractivity contribution in [2.24, 2.45) is 0 Å². The van der Waals surface area contributed by atoms with Gasteiger partial charge in [-0.2, -0.15) is 0 Å². The van der Waals surface area contributed by atoms with Gasteiger partial charge in [0.1, 0.15) is 6.33 Å². The Bertz CT molecular complexity index is 304. The molecule has 0 radical (unpaired) electrons. The topological polar surface area (TPSA) is 42.9 Å². The second-order valence-corrected chi connectivity index (χ2v) is 2.52. The molecular formula is C9H10N2O. The van der Waals surface area contributed by atoms with Gasteiger partial charge in [0.05, 0.1) is 5.69 Å². The summed E-state index contributed by atoms with van der Waals surface area (Å²) >= 11 is 0. The molecule has 62 valence electrons. The summed E-state index contributed by atoms with van der Waals surface area (Å²) in [4.78, 5) is 18.6. The van der Waals surface area contributed by atoms with Gasteiger partial charge in [0.2, 0.25) is 0 Å². The van der Waals surface area contributed by atoms with Crippen molar-refractivity contribution in [2.45, 2.75) is 13.8 Å². The molecule has 12 heavy (non-hydrogen) atoms. The monoisotopic (exact) mass is 162 g/mol. The number of Topliss-reactive ketones (excluding diaryl/α,β-unsaturated/α-hetero) is 1. The first kappa shape index (κ1) is 8.59. The van der Waals surface area contributed by atoms with Crippen LogP contribution in [-0.4, -0.2) is 15.8 Å². The van der Waals surface area contributed by atoms with Crippen molar-refractivity contribution in [3.05, 3.63) is 29.9 Å². The lowest BCUT2D eigenvalue weighted by Crippen LogP contribution is -1.91. The SMILES string of the molecule is CC(=O)/C(C)=C/c1ccncn1. The van der Waals surface area contributed by atoms with Crippen molar-refractivity contribution < 1.29 is 4.79 Å². The van der Waals surface area contributed by atoms with Gasteiger partial charge in [-0.3, -0.25) is 4.79 Å². The molecule has 0 aromatic carbocycles. The Morgan fingerprint density at radius 1 is 1.50 bits per heavy atom. The van der Waals surface area contributed by atoms with E-state index in [-0.39, 0.29) is 5.78 Å². The van der Waals surface area contributed by atoms with Crippen LogP contribution in [0.3, 0.4) is 0 Å². The Balaban J connectivity index is 2.89. The molecule has 0 aliphatic carbocycles. The van der Waals surface area contributed by atoms with Gasteiger partial charge in [-0.1, -0.05) is 0 Å². The van der Waals surface area contributed by atoms with Crippen molar-refractivity contribution in [1.82, 2.24) is 9.97 Å². The van der Waals surface area contributed by atoms with E-state index in [0.717, 1.165) is 5.69 Å². The smallest absolute Gasteiger partial charge is 0.155 e. The number of allylic oxidation sites excluding steroid dienone is 1. The summed E-state index contributed by atoms with van der Waals surface area (Å²) in [5.74, 6) is 0.0635. The molecule has 0 fully saturated rings. The van der Waals surface area contributed by atoms with E-state index in [1.54, 1.807) is 25.3 Å². The highest BCUT2D eigenvalue weighted by Gasteiger charge is 1.95. The van der Waals surface area contributed by atoms with E-state index >= 15 is 0 Å². The summed E-state index contributed by atoms with van der Waals surface area (Å²) in [6.07, 6.45) is 4.84. The number of hydrogen-bond donors (Lipinski definition) is 0. The summed E-state index contributed by atoms with van der Waals surface area (Å²) in [7, 11) is 0. The van der Waals surface area contributed by atoms with Crippen LogP contribution in [0, 0.1) is 0 Å². The normalized spacial score (nSPS) is 11.3. The maximum atomic E-state index is 10.8. The van der Waals surface area contributed by atoms with Gasteiger partial charge in [0, 0.05) is 6.20 Å². The molecule has 0 amide bonds. The fourth-order valence-corrected chi connectivity index (χ4v) is 0.710. The molecule has 0 atom stereocenters. The Labute approximate surface area is 71.2 Å². The van der Waals surface area contributed by atoms with E-state index < -0.39 is 0 Å². The van der Waals surface area contributed by atoms with Crippen molar-refractivity contribution >= 4 is 11.9 Å². The number of carbonyl (C=O) groups is 1. The van der Waals surface area contributed by atoms with Crippen LogP contribution in [0.25, 0.3) is 6.08 Å².